The van der Waals surface area contributed by atoms with Gasteiger partial charge in [0.15, 0.2) is 0 Å². The monoisotopic (exact) mass is 318 g/mol. The van der Waals surface area contributed by atoms with Gasteiger partial charge in [0, 0.05) is 12.6 Å². The summed E-state index contributed by atoms with van der Waals surface area (Å²) in [6.45, 7) is 11.8. The zero-order chi connectivity index (χ0) is 17.6. The zero-order valence-corrected chi connectivity index (χ0v) is 13.7. The molecule has 1 fully saturated rings. The summed E-state index contributed by atoms with van der Waals surface area (Å²) in [4.78, 5) is 29.9. The predicted molar refractivity (Wildman–Crippen MR) is 79.7 cm³/mol. The summed E-state index contributed by atoms with van der Waals surface area (Å²) in [5.74, 6) is -3.65. The van der Waals surface area contributed by atoms with Gasteiger partial charge in [0.1, 0.15) is 5.60 Å². The van der Waals surface area contributed by atoms with Gasteiger partial charge in [-0.25, -0.2) is 14.4 Å². The fraction of sp³-hybridized carbons (Fsp3) is 0.786. The van der Waals surface area contributed by atoms with E-state index < -0.39 is 17.5 Å². The fourth-order valence-corrected chi connectivity index (χ4v) is 1.89. The van der Waals surface area contributed by atoms with Crippen LogP contribution in [0, 0.1) is 5.41 Å². The Morgan fingerprint density at radius 3 is 2.05 bits per heavy atom. The maximum absolute atomic E-state index is 11.7. The number of amides is 1. The van der Waals surface area contributed by atoms with Gasteiger partial charge >= 0.3 is 18.0 Å². The molecule has 0 spiro atoms. The Morgan fingerprint density at radius 2 is 1.68 bits per heavy atom. The Kier molecular flexibility index (Phi) is 7.31. The molecule has 8 nitrogen and oxygen atoms in total. The molecular formula is C14H26N2O6. The second-order valence-corrected chi connectivity index (χ2v) is 6.76. The molecule has 1 saturated heterocycles. The van der Waals surface area contributed by atoms with Crippen molar-refractivity contribution in [2.45, 2.75) is 52.7 Å². The number of carboxylic acids is 2. The highest BCUT2D eigenvalue weighted by atomic mass is 16.6. The zero-order valence-electron chi connectivity index (χ0n) is 13.7. The fourth-order valence-electron chi connectivity index (χ4n) is 1.89. The maximum atomic E-state index is 11.7. The van der Waals surface area contributed by atoms with E-state index in [4.69, 9.17) is 24.5 Å². The van der Waals surface area contributed by atoms with Crippen LogP contribution in [0.15, 0.2) is 0 Å². The van der Waals surface area contributed by atoms with Crippen LogP contribution in [0.2, 0.25) is 0 Å². The van der Waals surface area contributed by atoms with Crippen molar-refractivity contribution in [2.75, 3.05) is 13.1 Å². The van der Waals surface area contributed by atoms with Crippen molar-refractivity contribution in [3.63, 3.8) is 0 Å². The van der Waals surface area contributed by atoms with E-state index in [1.54, 1.807) is 0 Å². The number of aliphatic carboxylic acids is 2. The molecule has 0 bridgehead atoms. The number of carbonyl (C=O) groups is 3. The first kappa shape index (κ1) is 20.2. The van der Waals surface area contributed by atoms with Gasteiger partial charge in [-0.15, -0.1) is 0 Å². The molecular weight excluding hydrogens is 292 g/mol. The number of piperidine rings is 1. The molecule has 1 aliphatic heterocycles. The van der Waals surface area contributed by atoms with E-state index in [1.165, 1.54) is 0 Å². The van der Waals surface area contributed by atoms with Crippen molar-refractivity contribution in [2.24, 2.45) is 5.41 Å². The highest BCUT2D eigenvalue weighted by molar-refractivity contribution is 6.27. The number of alkyl carbamates (subject to hydrolysis) is 1. The minimum atomic E-state index is -1.82. The lowest BCUT2D eigenvalue weighted by Gasteiger charge is -2.39. The van der Waals surface area contributed by atoms with E-state index in [-0.39, 0.29) is 17.6 Å². The lowest BCUT2D eigenvalue weighted by atomic mass is 9.80. The molecule has 0 radical (unpaired) electrons. The van der Waals surface area contributed by atoms with Crippen LogP contribution < -0.4 is 10.6 Å². The van der Waals surface area contributed by atoms with E-state index in [9.17, 15) is 4.79 Å². The molecule has 0 aromatic heterocycles. The maximum Gasteiger partial charge on any atom is 0.414 e. The Hall–Kier alpha value is -1.83. The van der Waals surface area contributed by atoms with Gasteiger partial charge in [-0.1, -0.05) is 13.8 Å². The number of hydrogen-bond donors (Lipinski definition) is 4. The molecule has 128 valence electrons. The molecule has 4 N–H and O–H groups in total. The first-order chi connectivity index (χ1) is 9.85. The molecule has 1 rings (SSSR count). The van der Waals surface area contributed by atoms with Crippen LogP contribution >= 0.6 is 0 Å². The summed E-state index contributed by atoms with van der Waals surface area (Å²) in [7, 11) is 0. The Labute approximate surface area is 130 Å². The molecule has 1 heterocycles. The molecule has 0 aromatic carbocycles. The van der Waals surface area contributed by atoms with Gasteiger partial charge in [0.05, 0.1) is 0 Å². The summed E-state index contributed by atoms with van der Waals surface area (Å²) in [6, 6.07) is 0.184. The van der Waals surface area contributed by atoms with Gasteiger partial charge in [-0.3, -0.25) is 0 Å². The number of nitrogens with one attached hydrogen (secondary N) is 2. The van der Waals surface area contributed by atoms with Crippen LogP contribution in [0.3, 0.4) is 0 Å². The number of hydrogen-bond acceptors (Lipinski definition) is 5. The van der Waals surface area contributed by atoms with Crippen molar-refractivity contribution in [3.05, 3.63) is 0 Å². The van der Waals surface area contributed by atoms with Gasteiger partial charge in [0.25, 0.3) is 0 Å². The molecule has 0 aliphatic carbocycles. The first-order valence-corrected chi connectivity index (χ1v) is 7.01. The topological polar surface area (TPSA) is 125 Å². The van der Waals surface area contributed by atoms with Crippen LogP contribution in [-0.4, -0.2) is 53.0 Å². The minimum absolute atomic E-state index is 0.0785. The Morgan fingerprint density at radius 1 is 1.18 bits per heavy atom. The van der Waals surface area contributed by atoms with E-state index in [2.05, 4.69) is 24.5 Å². The summed E-state index contributed by atoms with van der Waals surface area (Å²) in [5, 5.41) is 21.1. The molecule has 1 amide bonds. The second kappa shape index (κ2) is 7.98. The van der Waals surface area contributed by atoms with E-state index >= 15 is 0 Å². The molecule has 1 unspecified atom stereocenters. The number of carbonyl (C=O) groups excluding carboxylic acids is 1. The molecule has 8 heteroatoms. The highest BCUT2D eigenvalue weighted by Gasteiger charge is 2.34. The van der Waals surface area contributed by atoms with Crippen molar-refractivity contribution in [1.82, 2.24) is 10.6 Å². The summed E-state index contributed by atoms with van der Waals surface area (Å²) in [6.07, 6.45) is 0.638. The SMILES string of the molecule is CC(C)(C)OC(=O)NC1CCNCC1(C)C.O=C(O)C(=O)O. The van der Waals surface area contributed by atoms with Crippen molar-refractivity contribution >= 4 is 18.0 Å². The molecule has 1 atom stereocenters. The van der Waals surface area contributed by atoms with Gasteiger partial charge in [0.2, 0.25) is 0 Å². The minimum Gasteiger partial charge on any atom is -0.473 e. The van der Waals surface area contributed by atoms with Crippen LogP contribution in [-0.2, 0) is 14.3 Å². The van der Waals surface area contributed by atoms with Crippen molar-refractivity contribution < 1.29 is 29.3 Å². The Balaban J connectivity index is 0.000000626. The first-order valence-electron chi connectivity index (χ1n) is 7.01. The molecule has 0 aromatic rings. The van der Waals surface area contributed by atoms with Gasteiger partial charge in [-0.05, 0) is 39.2 Å². The third-order valence-electron chi connectivity index (χ3n) is 3.01. The third kappa shape index (κ3) is 8.46. The van der Waals surface area contributed by atoms with Crippen molar-refractivity contribution in [1.29, 1.82) is 0 Å². The smallest absolute Gasteiger partial charge is 0.414 e. The lowest BCUT2D eigenvalue weighted by Crippen LogP contribution is -2.55. The van der Waals surface area contributed by atoms with Crippen LogP contribution in [0.25, 0.3) is 0 Å². The standard InChI is InChI=1S/C12H24N2O2.C2H2O4/c1-11(2,3)16-10(15)14-9-6-7-13-8-12(9,4)5;3-1(4)2(5)6/h9,13H,6-8H2,1-5H3,(H,14,15);(H,3,4)(H,5,6). The third-order valence-corrected chi connectivity index (χ3v) is 3.01. The summed E-state index contributed by atoms with van der Waals surface area (Å²) < 4.78 is 5.26. The van der Waals surface area contributed by atoms with Gasteiger partial charge in [-0.2, -0.15) is 0 Å². The average Bonchev–Trinajstić information content (AvgIpc) is 2.30. The summed E-state index contributed by atoms with van der Waals surface area (Å²) in [5.41, 5.74) is -0.351. The Bertz CT molecular complexity index is 402. The van der Waals surface area contributed by atoms with E-state index in [0.29, 0.717) is 0 Å². The van der Waals surface area contributed by atoms with Crippen LogP contribution in [0.1, 0.15) is 41.0 Å². The molecule has 0 saturated carbocycles. The average molecular weight is 318 g/mol. The molecule has 22 heavy (non-hydrogen) atoms. The molecule has 1 aliphatic rings. The summed E-state index contributed by atoms with van der Waals surface area (Å²) >= 11 is 0. The predicted octanol–water partition coefficient (Wildman–Crippen LogP) is 1.05. The normalized spacial score (nSPS) is 20.1. The van der Waals surface area contributed by atoms with Gasteiger partial charge < -0.3 is 25.6 Å². The highest BCUT2D eigenvalue weighted by Crippen LogP contribution is 2.25. The largest absolute Gasteiger partial charge is 0.473 e. The quantitative estimate of drug-likeness (QED) is 0.533. The number of ether oxygens (including phenoxy) is 1. The van der Waals surface area contributed by atoms with E-state index in [0.717, 1.165) is 19.5 Å². The second-order valence-electron chi connectivity index (χ2n) is 6.76. The van der Waals surface area contributed by atoms with E-state index in [1.807, 2.05) is 20.8 Å². The van der Waals surface area contributed by atoms with Crippen LogP contribution in [0.4, 0.5) is 4.79 Å². The number of carboxylic acid groups (broad SMARTS) is 2. The van der Waals surface area contributed by atoms with Crippen molar-refractivity contribution in [3.8, 4) is 0 Å². The number of rotatable bonds is 1. The lowest BCUT2D eigenvalue weighted by molar-refractivity contribution is -0.159. The van der Waals surface area contributed by atoms with Crippen LogP contribution in [0.5, 0.6) is 0 Å².